The second-order valence-electron chi connectivity index (χ2n) is 8.28. The molecule has 4 rings (SSSR count). The summed E-state index contributed by atoms with van der Waals surface area (Å²) in [6.07, 6.45) is 0. The van der Waals surface area contributed by atoms with Gasteiger partial charge in [-0.15, -0.1) is 21.5 Å². The van der Waals surface area contributed by atoms with E-state index in [1.54, 1.807) is 11.0 Å². The third-order valence-corrected chi connectivity index (χ3v) is 7.05. The smallest absolute Gasteiger partial charge is 0.274 e. The lowest BCUT2D eigenvalue weighted by molar-refractivity contribution is 0.0766. The van der Waals surface area contributed by atoms with Crippen molar-refractivity contribution in [3.8, 4) is 16.9 Å². The number of nitrogens with zero attached hydrogens (tertiary/aromatic N) is 5. The quantitative estimate of drug-likeness (QED) is 0.453. The third kappa shape index (κ3) is 5.74. The van der Waals surface area contributed by atoms with Crippen molar-refractivity contribution in [2.24, 2.45) is 0 Å². The molecule has 0 bridgehead atoms. The van der Waals surface area contributed by atoms with Gasteiger partial charge in [-0.3, -0.25) is 9.69 Å². The standard InChI is InChI=1S/C26H33N5O2S/c1-4-30(5-2)26(32)24-10-11-25(28-27-24)31-14-12-29(13-15-31)18-23-17-21(19-34-23)20-8-7-9-22(16-20)33-6-3/h7-11,16-17,19H,4-6,12-15,18H2,1-3H3. The van der Waals surface area contributed by atoms with Gasteiger partial charge in [0.1, 0.15) is 5.75 Å². The molecule has 3 aromatic rings. The van der Waals surface area contributed by atoms with Crippen molar-refractivity contribution < 1.29 is 9.53 Å². The number of ether oxygens (including phenoxy) is 1. The van der Waals surface area contributed by atoms with E-state index in [-0.39, 0.29) is 5.91 Å². The van der Waals surface area contributed by atoms with E-state index >= 15 is 0 Å². The molecule has 1 saturated heterocycles. The van der Waals surface area contributed by atoms with E-state index in [1.165, 1.54) is 16.0 Å². The number of rotatable bonds is 9. The number of thiophene rings is 1. The second-order valence-corrected chi connectivity index (χ2v) is 9.28. The summed E-state index contributed by atoms with van der Waals surface area (Å²) in [5, 5.41) is 10.8. The van der Waals surface area contributed by atoms with Gasteiger partial charge in [-0.1, -0.05) is 12.1 Å². The van der Waals surface area contributed by atoms with E-state index < -0.39 is 0 Å². The number of amides is 1. The average molecular weight is 480 g/mol. The van der Waals surface area contributed by atoms with Gasteiger partial charge in [-0.25, -0.2) is 0 Å². The van der Waals surface area contributed by atoms with Crippen molar-refractivity contribution in [1.29, 1.82) is 0 Å². The summed E-state index contributed by atoms with van der Waals surface area (Å²) < 4.78 is 5.64. The lowest BCUT2D eigenvalue weighted by Gasteiger charge is -2.34. The Bertz CT molecular complexity index is 1070. The van der Waals surface area contributed by atoms with Gasteiger partial charge in [-0.05, 0) is 67.6 Å². The Hall–Kier alpha value is -2.97. The molecule has 1 aliphatic heterocycles. The summed E-state index contributed by atoms with van der Waals surface area (Å²) in [4.78, 5) is 20.3. The number of benzene rings is 1. The first-order valence-corrected chi connectivity index (χ1v) is 12.9. The van der Waals surface area contributed by atoms with Gasteiger partial charge in [0.05, 0.1) is 6.61 Å². The van der Waals surface area contributed by atoms with E-state index in [1.807, 2.05) is 50.3 Å². The van der Waals surface area contributed by atoms with Crippen LogP contribution in [0.2, 0.25) is 0 Å². The van der Waals surface area contributed by atoms with Crippen molar-refractivity contribution in [3.63, 3.8) is 0 Å². The van der Waals surface area contributed by atoms with Crippen molar-refractivity contribution >= 4 is 23.1 Å². The van der Waals surface area contributed by atoms with Crippen molar-refractivity contribution in [1.82, 2.24) is 20.0 Å². The van der Waals surface area contributed by atoms with Gasteiger partial charge < -0.3 is 14.5 Å². The van der Waals surface area contributed by atoms with Crippen molar-refractivity contribution in [3.05, 3.63) is 58.4 Å². The molecule has 0 spiro atoms. The Morgan fingerprint density at radius 2 is 1.79 bits per heavy atom. The van der Waals surface area contributed by atoms with Crippen LogP contribution >= 0.6 is 11.3 Å². The van der Waals surface area contributed by atoms with Gasteiger partial charge in [0.25, 0.3) is 5.91 Å². The largest absolute Gasteiger partial charge is 0.494 e. The van der Waals surface area contributed by atoms with E-state index in [0.29, 0.717) is 25.4 Å². The number of piperazine rings is 1. The minimum absolute atomic E-state index is 0.0613. The highest BCUT2D eigenvalue weighted by atomic mass is 32.1. The number of carbonyl (C=O) groups is 1. The molecule has 0 aliphatic carbocycles. The molecule has 0 atom stereocenters. The topological polar surface area (TPSA) is 61.8 Å². The average Bonchev–Trinajstić information content (AvgIpc) is 3.34. The summed E-state index contributed by atoms with van der Waals surface area (Å²) in [7, 11) is 0. The Kier molecular flexibility index (Phi) is 8.13. The molecule has 2 aromatic heterocycles. The van der Waals surface area contributed by atoms with Crippen LogP contribution in [-0.4, -0.2) is 71.8 Å². The first-order valence-electron chi connectivity index (χ1n) is 12.0. The van der Waals surface area contributed by atoms with Crippen LogP contribution in [0.4, 0.5) is 5.82 Å². The van der Waals surface area contributed by atoms with Crippen LogP contribution in [0, 0.1) is 0 Å². The predicted octanol–water partition coefficient (Wildman–Crippen LogP) is 4.41. The number of carbonyl (C=O) groups excluding carboxylic acids is 1. The molecule has 180 valence electrons. The van der Waals surface area contributed by atoms with Gasteiger partial charge >= 0.3 is 0 Å². The van der Waals surface area contributed by atoms with Crippen LogP contribution in [0.1, 0.15) is 36.1 Å². The summed E-state index contributed by atoms with van der Waals surface area (Å²) >= 11 is 1.81. The van der Waals surface area contributed by atoms with Gasteiger partial charge in [0, 0.05) is 50.7 Å². The molecule has 0 saturated carbocycles. The molecule has 1 fully saturated rings. The molecule has 34 heavy (non-hydrogen) atoms. The number of hydrogen-bond donors (Lipinski definition) is 0. The summed E-state index contributed by atoms with van der Waals surface area (Å²) in [5.74, 6) is 1.69. The van der Waals surface area contributed by atoms with Gasteiger partial charge in [-0.2, -0.15) is 0 Å². The molecular formula is C26H33N5O2S. The lowest BCUT2D eigenvalue weighted by Crippen LogP contribution is -2.46. The molecule has 0 unspecified atom stereocenters. The molecule has 0 N–H and O–H groups in total. The zero-order valence-corrected chi connectivity index (χ0v) is 21.1. The van der Waals surface area contributed by atoms with Crippen LogP contribution < -0.4 is 9.64 Å². The minimum atomic E-state index is -0.0613. The normalized spacial score (nSPS) is 14.3. The van der Waals surface area contributed by atoms with Crippen LogP contribution in [0.25, 0.3) is 11.1 Å². The number of hydrogen-bond acceptors (Lipinski definition) is 7. The van der Waals surface area contributed by atoms with Crippen LogP contribution in [0.3, 0.4) is 0 Å². The van der Waals surface area contributed by atoms with Crippen molar-refractivity contribution in [2.45, 2.75) is 27.3 Å². The first-order chi connectivity index (χ1) is 16.6. The Balaban J connectivity index is 1.31. The fourth-order valence-corrected chi connectivity index (χ4v) is 5.12. The maximum atomic E-state index is 12.4. The second kappa shape index (κ2) is 11.4. The van der Waals surface area contributed by atoms with E-state index in [0.717, 1.165) is 44.3 Å². The highest BCUT2D eigenvalue weighted by Gasteiger charge is 2.20. The van der Waals surface area contributed by atoms with Crippen LogP contribution in [0.5, 0.6) is 5.75 Å². The molecule has 1 aliphatic rings. The Labute approximate surface area is 206 Å². The highest BCUT2D eigenvalue weighted by molar-refractivity contribution is 7.10. The number of anilines is 1. The van der Waals surface area contributed by atoms with Gasteiger partial charge in [0.15, 0.2) is 11.5 Å². The van der Waals surface area contributed by atoms with Gasteiger partial charge in [0.2, 0.25) is 0 Å². The van der Waals surface area contributed by atoms with Crippen LogP contribution in [0.15, 0.2) is 47.8 Å². The predicted molar refractivity (Wildman–Crippen MR) is 138 cm³/mol. The minimum Gasteiger partial charge on any atom is -0.494 e. The molecule has 0 radical (unpaired) electrons. The lowest BCUT2D eigenvalue weighted by atomic mass is 10.1. The third-order valence-electron chi connectivity index (χ3n) is 6.13. The zero-order chi connectivity index (χ0) is 23.9. The SMILES string of the molecule is CCOc1cccc(-c2csc(CN3CCN(c4ccc(C(=O)N(CC)CC)nn4)CC3)c2)c1. The Morgan fingerprint density at radius 1 is 1.00 bits per heavy atom. The summed E-state index contributed by atoms with van der Waals surface area (Å²) in [6.45, 7) is 12.6. The molecule has 1 aromatic carbocycles. The fourth-order valence-electron chi connectivity index (χ4n) is 4.18. The maximum Gasteiger partial charge on any atom is 0.274 e. The first kappa shape index (κ1) is 24.2. The molecule has 7 nitrogen and oxygen atoms in total. The van der Waals surface area contributed by atoms with E-state index in [2.05, 4.69) is 43.6 Å². The highest BCUT2D eigenvalue weighted by Crippen LogP contribution is 2.29. The Morgan fingerprint density at radius 3 is 2.47 bits per heavy atom. The van der Waals surface area contributed by atoms with E-state index in [4.69, 9.17) is 4.74 Å². The molecule has 8 heteroatoms. The van der Waals surface area contributed by atoms with E-state index in [9.17, 15) is 4.79 Å². The maximum absolute atomic E-state index is 12.4. The number of aromatic nitrogens is 2. The molecule has 1 amide bonds. The van der Waals surface area contributed by atoms with Crippen LogP contribution in [-0.2, 0) is 6.54 Å². The fraction of sp³-hybridized carbons (Fsp3) is 0.423. The summed E-state index contributed by atoms with van der Waals surface area (Å²) in [5.41, 5.74) is 2.85. The van der Waals surface area contributed by atoms with Crippen molar-refractivity contribution in [2.75, 3.05) is 50.8 Å². The molecule has 3 heterocycles. The molecular weight excluding hydrogens is 446 g/mol. The monoisotopic (exact) mass is 479 g/mol. The zero-order valence-electron chi connectivity index (χ0n) is 20.2. The summed E-state index contributed by atoms with van der Waals surface area (Å²) in [6, 6.07) is 14.3.